The highest BCUT2D eigenvalue weighted by molar-refractivity contribution is 5.90. The lowest BCUT2D eigenvalue weighted by Crippen LogP contribution is -2.30. The second-order valence-electron chi connectivity index (χ2n) is 4.98. The third-order valence-corrected chi connectivity index (χ3v) is 3.61. The predicted octanol–water partition coefficient (Wildman–Crippen LogP) is 1.93. The lowest BCUT2D eigenvalue weighted by Gasteiger charge is -2.31. The summed E-state index contributed by atoms with van der Waals surface area (Å²) in [6.07, 6.45) is 2.85. The van der Waals surface area contributed by atoms with Gasteiger partial charge in [0.2, 0.25) is 0 Å². The van der Waals surface area contributed by atoms with Crippen molar-refractivity contribution in [3.63, 3.8) is 0 Å². The van der Waals surface area contributed by atoms with Crippen molar-refractivity contribution < 1.29 is 0 Å². The van der Waals surface area contributed by atoms with Gasteiger partial charge in [-0.1, -0.05) is 6.07 Å². The Kier molecular flexibility index (Phi) is 4.55. The number of hydrogen-bond acceptors (Lipinski definition) is 7. The summed E-state index contributed by atoms with van der Waals surface area (Å²) in [4.78, 5) is 14.8. The van der Waals surface area contributed by atoms with Crippen LogP contribution in [0.1, 0.15) is 36.8 Å². The van der Waals surface area contributed by atoms with E-state index in [1.807, 2.05) is 30.9 Å². The molecule has 0 aromatic carbocycles. The second kappa shape index (κ2) is 6.38. The maximum Gasteiger partial charge on any atom is 0.143 e. The summed E-state index contributed by atoms with van der Waals surface area (Å²) < 4.78 is 0. The molecule has 22 heavy (non-hydrogen) atoms. The maximum absolute atomic E-state index is 7.60. The first-order valence-electron chi connectivity index (χ1n) is 7.11. The maximum atomic E-state index is 7.60. The Labute approximate surface area is 129 Å². The molecule has 1 unspecified atom stereocenters. The average molecular weight is 299 g/mol. The molecule has 0 aliphatic heterocycles. The van der Waals surface area contributed by atoms with E-state index in [0.717, 1.165) is 5.56 Å². The lowest BCUT2D eigenvalue weighted by atomic mass is 10.1. The largest absolute Gasteiger partial charge is 0.383 e. The van der Waals surface area contributed by atoms with Gasteiger partial charge in [-0.25, -0.2) is 15.0 Å². The van der Waals surface area contributed by atoms with Gasteiger partial charge in [0.05, 0.1) is 11.6 Å². The predicted molar refractivity (Wildman–Crippen MR) is 89.2 cm³/mol. The minimum atomic E-state index is -0.0499. The number of rotatable bonds is 5. The number of aromatic nitrogens is 3. The molecule has 2 rings (SSSR count). The Bertz CT molecular complexity index is 684. The molecule has 0 spiro atoms. The van der Waals surface area contributed by atoms with Crippen molar-refractivity contribution in [1.82, 2.24) is 15.0 Å². The van der Waals surface area contributed by atoms with Crippen molar-refractivity contribution in [1.29, 1.82) is 5.41 Å². The van der Waals surface area contributed by atoms with Gasteiger partial charge in [0, 0.05) is 24.5 Å². The minimum Gasteiger partial charge on any atom is -0.383 e. The fourth-order valence-electron chi connectivity index (χ4n) is 2.50. The number of anilines is 3. The number of nitrogens with one attached hydrogen (secondary N) is 1. The van der Waals surface area contributed by atoms with E-state index in [-0.39, 0.29) is 6.04 Å². The standard InChI is InChI=1S/C15H21N7/c1-4-22(9(2)11-6-5-7-19-13(11)17)15-12(8-16)14(18)20-10(3)21-15/h5-9,16H,4H2,1-3H3,(H2,17,19)(H2,18,20,21). The van der Waals surface area contributed by atoms with E-state index in [2.05, 4.69) is 15.0 Å². The van der Waals surface area contributed by atoms with Crippen LogP contribution in [0.25, 0.3) is 0 Å². The van der Waals surface area contributed by atoms with Crippen molar-refractivity contribution in [3.05, 3.63) is 35.3 Å². The summed E-state index contributed by atoms with van der Waals surface area (Å²) in [6.45, 7) is 6.51. The molecule has 2 aromatic rings. The van der Waals surface area contributed by atoms with E-state index < -0.39 is 0 Å². The molecule has 2 aromatic heterocycles. The molecule has 0 bridgehead atoms. The highest BCUT2D eigenvalue weighted by Gasteiger charge is 2.22. The summed E-state index contributed by atoms with van der Waals surface area (Å²) in [6, 6.07) is 3.75. The number of hydrogen-bond donors (Lipinski definition) is 3. The molecule has 5 N–H and O–H groups in total. The molecule has 2 heterocycles. The first-order chi connectivity index (χ1) is 10.5. The number of pyridine rings is 1. The molecule has 116 valence electrons. The normalized spacial score (nSPS) is 12.0. The second-order valence-corrected chi connectivity index (χ2v) is 4.98. The Balaban J connectivity index is 2.53. The first-order valence-corrected chi connectivity index (χ1v) is 7.11. The Morgan fingerprint density at radius 2 is 2.05 bits per heavy atom. The zero-order valence-electron chi connectivity index (χ0n) is 13.0. The lowest BCUT2D eigenvalue weighted by molar-refractivity contribution is 0.676. The zero-order valence-corrected chi connectivity index (χ0v) is 13.0. The fourth-order valence-corrected chi connectivity index (χ4v) is 2.50. The van der Waals surface area contributed by atoms with Gasteiger partial charge in [0.25, 0.3) is 0 Å². The summed E-state index contributed by atoms with van der Waals surface area (Å²) in [5.74, 6) is 2.01. The van der Waals surface area contributed by atoms with Gasteiger partial charge in [-0.05, 0) is 26.8 Å². The quantitative estimate of drug-likeness (QED) is 0.726. The van der Waals surface area contributed by atoms with Crippen molar-refractivity contribution in [2.24, 2.45) is 0 Å². The SMILES string of the molecule is CCN(c1nc(C)nc(N)c1C=N)C(C)c1cccnc1N. The van der Waals surface area contributed by atoms with Crippen LogP contribution in [0.4, 0.5) is 17.5 Å². The number of nitrogens with two attached hydrogens (primary N) is 2. The number of aryl methyl sites for hydroxylation is 1. The highest BCUT2D eigenvalue weighted by atomic mass is 15.2. The van der Waals surface area contributed by atoms with Crippen LogP contribution < -0.4 is 16.4 Å². The van der Waals surface area contributed by atoms with Crippen LogP contribution in [-0.4, -0.2) is 27.7 Å². The van der Waals surface area contributed by atoms with Crippen LogP contribution in [-0.2, 0) is 0 Å². The van der Waals surface area contributed by atoms with Crippen molar-refractivity contribution in [3.8, 4) is 0 Å². The van der Waals surface area contributed by atoms with Gasteiger partial charge in [-0.15, -0.1) is 0 Å². The molecule has 1 atom stereocenters. The molecule has 0 saturated carbocycles. The molecule has 0 aliphatic rings. The van der Waals surface area contributed by atoms with Gasteiger partial charge < -0.3 is 21.8 Å². The van der Waals surface area contributed by atoms with Crippen LogP contribution in [0, 0.1) is 12.3 Å². The third kappa shape index (κ3) is 2.83. The highest BCUT2D eigenvalue weighted by Crippen LogP contribution is 2.30. The molecule has 7 heteroatoms. The summed E-state index contributed by atoms with van der Waals surface area (Å²) in [5, 5.41) is 7.60. The molecule has 0 aliphatic carbocycles. The summed E-state index contributed by atoms with van der Waals surface area (Å²) in [7, 11) is 0. The minimum absolute atomic E-state index is 0.0499. The number of nitrogen functional groups attached to an aromatic ring is 2. The van der Waals surface area contributed by atoms with Crippen molar-refractivity contribution in [2.75, 3.05) is 22.9 Å². The molecular weight excluding hydrogens is 278 g/mol. The summed E-state index contributed by atoms with van der Waals surface area (Å²) >= 11 is 0. The van der Waals surface area contributed by atoms with Gasteiger partial charge in [-0.3, -0.25) is 0 Å². The number of nitrogens with zero attached hydrogens (tertiary/aromatic N) is 4. The van der Waals surface area contributed by atoms with Crippen molar-refractivity contribution >= 4 is 23.7 Å². The molecule has 0 amide bonds. The smallest absolute Gasteiger partial charge is 0.143 e. The van der Waals surface area contributed by atoms with E-state index in [4.69, 9.17) is 16.9 Å². The molecule has 7 nitrogen and oxygen atoms in total. The van der Waals surface area contributed by atoms with Gasteiger partial charge in [-0.2, -0.15) is 0 Å². The van der Waals surface area contributed by atoms with E-state index in [9.17, 15) is 0 Å². The topological polar surface area (TPSA) is 118 Å². The fraction of sp³-hybridized carbons (Fsp3) is 0.333. The van der Waals surface area contributed by atoms with E-state index in [1.54, 1.807) is 13.1 Å². The van der Waals surface area contributed by atoms with E-state index in [1.165, 1.54) is 6.21 Å². The Morgan fingerprint density at radius 3 is 2.64 bits per heavy atom. The molecule has 0 saturated heterocycles. The average Bonchev–Trinajstić information content (AvgIpc) is 2.48. The molecular formula is C15H21N7. The van der Waals surface area contributed by atoms with Gasteiger partial charge in [0.1, 0.15) is 23.3 Å². The van der Waals surface area contributed by atoms with Crippen LogP contribution in [0.2, 0.25) is 0 Å². The Morgan fingerprint density at radius 1 is 1.32 bits per heavy atom. The summed E-state index contributed by atoms with van der Waals surface area (Å²) in [5.41, 5.74) is 13.3. The monoisotopic (exact) mass is 299 g/mol. The van der Waals surface area contributed by atoms with E-state index >= 15 is 0 Å². The first kappa shape index (κ1) is 15.7. The molecule has 0 fully saturated rings. The van der Waals surface area contributed by atoms with Crippen LogP contribution in [0.15, 0.2) is 18.3 Å². The van der Waals surface area contributed by atoms with Gasteiger partial charge in [0.15, 0.2) is 0 Å². The van der Waals surface area contributed by atoms with Gasteiger partial charge >= 0.3 is 0 Å². The van der Waals surface area contributed by atoms with Crippen LogP contribution >= 0.6 is 0 Å². The molecule has 0 radical (unpaired) electrons. The van der Waals surface area contributed by atoms with Crippen LogP contribution in [0.3, 0.4) is 0 Å². The third-order valence-electron chi connectivity index (χ3n) is 3.61. The van der Waals surface area contributed by atoms with E-state index in [0.29, 0.717) is 35.4 Å². The van der Waals surface area contributed by atoms with Crippen molar-refractivity contribution in [2.45, 2.75) is 26.8 Å². The zero-order chi connectivity index (χ0) is 16.3. The Hall–Kier alpha value is -2.70. The van der Waals surface area contributed by atoms with Crippen LogP contribution in [0.5, 0.6) is 0 Å².